The van der Waals surface area contributed by atoms with Gasteiger partial charge in [-0.15, -0.1) is 0 Å². The average molecular weight is 399 g/mol. The van der Waals surface area contributed by atoms with Crippen molar-refractivity contribution in [3.05, 3.63) is 56.7 Å². The number of anilines is 1. The minimum atomic E-state index is -4.11. The van der Waals surface area contributed by atoms with Gasteiger partial charge in [-0.2, -0.15) is 0 Å². The highest BCUT2D eigenvalue weighted by Crippen LogP contribution is 2.35. The van der Waals surface area contributed by atoms with Gasteiger partial charge >= 0.3 is 0 Å². The van der Waals surface area contributed by atoms with Crippen molar-refractivity contribution in [3.63, 3.8) is 0 Å². The summed E-state index contributed by atoms with van der Waals surface area (Å²) in [6.07, 6.45) is 0. The van der Waals surface area contributed by atoms with Crippen LogP contribution in [0.1, 0.15) is 0 Å². The SMILES string of the molecule is O=S(=O)(Nc1c(Cl)cc(Br)cc1Cl)c1ccccc1F. The molecule has 3 nitrogen and oxygen atoms in total. The van der Waals surface area contributed by atoms with E-state index in [0.29, 0.717) is 4.47 Å². The summed E-state index contributed by atoms with van der Waals surface area (Å²) in [4.78, 5) is -0.477. The zero-order valence-corrected chi connectivity index (χ0v) is 13.6. The van der Waals surface area contributed by atoms with E-state index in [-0.39, 0.29) is 15.7 Å². The van der Waals surface area contributed by atoms with Crippen molar-refractivity contribution in [2.45, 2.75) is 4.90 Å². The van der Waals surface area contributed by atoms with Crippen LogP contribution in [0.3, 0.4) is 0 Å². The molecule has 2 rings (SSSR count). The monoisotopic (exact) mass is 397 g/mol. The van der Waals surface area contributed by atoms with E-state index in [1.54, 1.807) is 0 Å². The number of benzene rings is 2. The molecule has 0 amide bonds. The Morgan fingerprint density at radius 2 is 1.65 bits per heavy atom. The smallest absolute Gasteiger partial charge is 0.264 e. The van der Waals surface area contributed by atoms with Crippen molar-refractivity contribution >= 4 is 54.8 Å². The Labute approximate surface area is 133 Å². The van der Waals surface area contributed by atoms with Crippen molar-refractivity contribution in [1.82, 2.24) is 0 Å². The van der Waals surface area contributed by atoms with E-state index in [1.807, 2.05) is 0 Å². The van der Waals surface area contributed by atoms with Gasteiger partial charge in [-0.1, -0.05) is 51.3 Å². The molecule has 0 aliphatic rings. The molecule has 2 aromatic carbocycles. The molecule has 0 aromatic heterocycles. The van der Waals surface area contributed by atoms with Crippen LogP contribution in [-0.2, 0) is 10.0 Å². The van der Waals surface area contributed by atoms with E-state index in [0.717, 1.165) is 12.1 Å². The van der Waals surface area contributed by atoms with E-state index >= 15 is 0 Å². The van der Waals surface area contributed by atoms with E-state index in [4.69, 9.17) is 23.2 Å². The largest absolute Gasteiger partial charge is 0.277 e. The number of halogens is 4. The molecule has 0 aliphatic carbocycles. The number of rotatable bonds is 3. The van der Waals surface area contributed by atoms with Gasteiger partial charge in [0.25, 0.3) is 10.0 Å². The van der Waals surface area contributed by atoms with Gasteiger partial charge in [-0.25, -0.2) is 12.8 Å². The number of sulfonamides is 1. The molecule has 20 heavy (non-hydrogen) atoms. The first-order chi connectivity index (χ1) is 9.31. The molecule has 0 bridgehead atoms. The fourth-order valence-corrected chi connectivity index (χ4v) is 4.09. The molecule has 0 spiro atoms. The first-order valence-electron chi connectivity index (χ1n) is 5.23. The van der Waals surface area contributed by atoms with Crippen LogP contribution < -0.4 is 4.72 Å². The Balaban J connectivity index is 2.47. The maximum Gasteiger partial charge on any atom is 0.264 e. The maximum absolute atomic E-state index is 13.6. The van der Waals surface area contributed by atoms with Gasteiger partial charge in [-0.05, 0) is 24.3 Å². The second kappa shape index (κ2) is 5.89. The van der Waals surface area contributed by atoms with Crippen molar-refractivity contribution in [2.75, 3.05) is 4.72 Å². The lowest BCUT2D eigenvalue weighted by Gasteiger charge is -2.12. The summed E-state index contributed by atoms with van der Waals surface area (Å²) in [6.45, 7) is 0. The molecule has 0 atom stereocenters. The Morgan fingerprint density at radius 1 is 1.10 bits per heavy atom. The molecular weight excluding hydrogens is 392 g/mol. The van der Waals surface area contributed by atoms with Crippen molar-refractivity contribution < 1.29 is 12.8 Å². The fraction of sp³-hybridized carbons (Fsp3) is 0. The molecule has 106 valence electrons. The van der Waals surface area contributed by atoms with Crippen LogP contribution in [0.2, 0.25) is 10.0 Å². The van der Waals surface area contributed by atoms with Gasteiger partial charge in [0, 0.05) is 4.47 Å². The standard InChI is InChI=1S/C12H7BrCl2FNO2S/c13-7-5-8(14)12(9(15)6-7)17-20(18,19)11-4-2-1-3-10(11)16/h1-6,17H. The Kier molecular flexibility index (Phi) is 4.59. The van der Waals surface area contributed by atoms with Crippen LogP contribution in [0.25, 0.3) is 0 Å². The van der Waals surface area contributed by atoms with E-state index in [2.05, 4.69) is 20.7 Å². The van der Waals surface area contributed by atoms with Crippen LogP contribution in [-0.4, -0.2) is 8.42 Å². The van der Waals surface area contributed by atoms with Gasteiger partial charge in [0.1, 0.15) is 10.7 Å². The number of hydrogen-bond donors (Lipinski definition) is 1. The molecule has 0 fully saturated rings. The second-order valence-electron chi connectivity index (χ2n) is 3.78. The first-order valence-corrected chi connectivity index (χ1v) is 8.26. The Morgan fingerprint density at radius 3 is 2.20 bits per heavy atom. The molecule has 0 saturated heterocycles. The normalized spacial score (nSPS) is 11.4. The van der Waals surface area contributed by atoms with Crippen molar-refractivity contribution in [3.8, 4) is 0 Å². The highest BCUT2D eigenvalue weighted by atomic mass is 79.9. The lowest BCUT2D eigenvalue weighted by Crippen LogP contribution is -2.15. The number of hydrogen-bond acceptors (Lipinski definition) is 2. The summed E-state index contributed by atoms with van der Waals surface area (Å²) in [6, 6.07) is 7.98. The van der Waals surface area contributed by atoms with Crippen LogP contribution in [0.4, 0.5) is 10.1 Å². The number of nitrogens with one attached hydrogen (secondary N) is 1. The summed E-state index contributed by atoms with van der Waals surface area (Å²) < 4.78 is 40.6. The zero-order chi connectivity index (χ0) is 14.9. The quantitative estimate of drug-likeness (QED) is 0.814. The molecule has 2 aromatic rings. The van der Waals surface area contributed by atoms with Crippen molar-refractivity contribution in [2.24, 2.45) is 0 Å². The predicted octanol–water partition coefficient (Wildman–Crippen LogP) is 4.70. The highest BCUT2D eigenvalue weighted by molar-refractivity contribution is 9.10. The lowest BCUT2D eigenvalue weighted by molar-refractivity contribution is 0.570. The summed E-state index contributed by atoms with van der Waals surface area (Å²) >= 11 is 15.0. The molecular formula is C12H7BrCl2FNO2S. The molecule has 0 heterocycles. The van der Waals surface area contributed by atoms with Crippen LogP contribution in [0, 0.1) is 5.82 Å². The van der Waals surface area contributed by atoms with Crippen LogP contribution in [0.5, 0.6) is 0 Å². The van der Waals surface area contributed by atoms with Gasteiger partial charge in [-0.3, -0.25) is 4.72 Å². The van der Waals surface area contributed by atoms with E-state index in [1.165, 1.54) is 24.3 Å². The average Bonchev–Trinajstić information content (AvgIpc) is 2.34. The van der Waals surface area contributed by atoms with E-state index < -0.39 is 20.7 Å². The predicted molar refractivity (Wildman–Crippen MR) is 81.4 cm³/mol. The maximum atomic E-state index is 13.6. The second-order valence-corrected chi connectivity index (χ2v) is 7.16. The molecule has 1 N–H and O–H groups in total. The van der Waals surface area contributed by atoms with Crippen LogP contribution >= 0.6 is 39.1 Å². The molecule has 0 unspecified atom stereocenters. The van der Waals surface area contributed by atoms with Gasteiger partial charge in [0.15, 0.2) is 0 Å². The molecule has 8 heteroatoms. The molecule has 0 saturated carbocycles. The third-order valence-corrected chi connectivity index (χ3v) is 4.81. The minimum absolute atomic E-state index is 0.000198. The third kappa shape index (κ3) is 3.25. The highest BCUT2D eigenvalue weighted by Gasteiger charge is 2.21. The van der Waals surface area contributed by atoms with E-state index in [9.17, 15) is 12.8 Å². The fourth-order valence-electron chi connectivity index (χ4n) is 1.49. The van der Waals surface area contributed by atoms with Gasteiger partial charge < -0.3 is 0 Å². The third-order valence-electron chi connectivity index (χ3n) is 2.37. The zero-order valence-electron chi connectivity index (χ0n) is 9.70. The summed E-state index contributed by atoms with van der Waals surface area (Å²) in [5.41, 5.74) is -0.000198. The first kappa shape index (κ1) is 15.6. The van der Waals surface area contributed by atoms with Crippen molar-refractivity contribution in [1.29, 1.82) is 0 Å². The molecule has 0 aliphatic heterocycles. The van der Waals surface area contributed by atoms with Crippen LogP contribution in [0.15, 0.2) is 45.8 Å². The summed E-state index contributed by atoms with van der Waals surface area (Å²) in [5.74, 6) is -0.857. The Hall–Kier alpha value is -0.820. The topological polar surface area (TPSA) is 46.2 Å². The summed E-state index contributed by atoms with van der Waals surface area (Å²) in [7, 11) is -4.11. The minimum Gasteiger partial charge on any atom is -0.277 e. The summed E-state index contributed by atoms with van der Waals surface area (Å²) in [5, 5.41) is 0.202. The van der Waals surface area contributed by atoms with Gasteiger partial charge in [0.2, 0.25) is 0 Å². The Bertz CT molecular complexity index is 745. The van der Waals surface area contributed by atoms with Gasteiger partial charge in [0.05, 0.1) is 15.7 Å². The lowest BCUT2D eigenvalue weighted by atomic mass is 10.3. The molecule has 0 radical (unpaired) electrons.